The quantitative estimate of drug-likeness (QED) is 0.337. The lowest BCUT2D eigenvalue weighted by Crippen LogP contribution is -2.33. The molecule has 0 fully saturated rings. The number of rotatable bonds is 7. The molecule has 0 bridgehead atoms. The molecule has 5 nitrogen and oxygen atoms in total. The van der Waals surface area contributed by atoms with Crippen LogP contribution in [0.3, 0.4) is 0 Å². The Morgan fingerprint density at radius 2 is 1.97 bits per heavy atom. The van der Waals surface area contributed by atoms with Gasteiger partial charge in [-0.3, -0.25) is 9.69 Å². The van der Waals surface area contributed by atoms with Crippen molar-refractivity contribution >= 4 is 56.6 Å². The van der Waals surface area contributed by atoms with Crippen molar-refractivity contribution in [1.82, 2.24) is 14.5 Å². The number of carbonyl (C=O) groups excluding carboxylic acids is 1. The number of aryl methyl sites for hydroxylation is 3. The molecule has 31 heavy (non-hydrogen) atoms. The average Bonchev–Trinajstić information content (AvgIpc) is 3.36. The molecule has 0 spiro atoms. The first-order chi connectivity index (χ1) is 14.5. The van der Waals surface area contributed by atoms with Gasteiger partial charge in [-0.15, -0.1) is 12.4 Å². The number of thiazole rings is 1. The first-order valence-electron chi connectivity index (χ1n) is 9.88. The number of aromatic nitrogens is 3. The number of fused-ring (bicyclic) bond motifs is 1. The lowest BCUT2D eigenvalue weighted by Gasteiger charge is -2.20. The van der Waals surface area contributed by atoms with Crippen molar-refractivity contribution in [2.45, 2.75) is 33.2 Å². The topological polar surface area (TPSA) is 51.0 Å². The zero-order valence-electron chi connectivity index (χ0n) is 17.4. The van der Waals surface area contributed by atoms with E-state index in [1.54, 1.807) is 23.9 Å². The van der Waals surface area contributed by atoms with Gasteiger partial charge in [-0.1, -0.05) is 41.1 Å². The van der Waals surface area contributed by atoms with Gasteiger partial charge in [0.2, 0.25) is 5.91 Å². The Kier molecular flexibility index (Phi) is 7.70. The summed E-state index contributed by atoms with van der Waals surface area (Å²) in [4.78, 5) is 24.0. The molecule has 0 aliphatic carbocycles. The van der Waals surface area contributed by atoms with Crippen molar-refractivity contribution in [3.8, 4) is 0 Å². The molecule has 4 rings (SSSR count). The van der Waals surface area contributed by atoms with Crippen LogP contribution in [0.2, 0.25) is 5.02 Å². The van der Waals surface area contributed by atoms with E-state index >= 15 is 0 Å². The van der Waals surface area contributed by atoms with Crippen LogP contribution in [0, 0.1) is 13.8 Å². The van der Waals surface area contributed by atoms with E-state index in [9.17, 15) is 4.79 Å². The third-order valence-electron chi connectivity index (χ3n) is 4.97. The summed E-state index contributed by atoms with van der Waals surface area (Å²) in [7, 11) is 0. The monoisotopic (exact) mass is 474 g/mol. The molecule has 4 aromatic rings. The molecule has 2 heterocycles. The van der Waals surface area contributed by atoms with E-state index in [4.69, 9.17) is 16.6 Å². The molecule has 0 unspecified atom stereocenters. The summed E-state index contributed by atoms with van der Waals surface area (Å²) in [6, 6.07) is 11.7. The van der Waals surface area contributed by atoms with Crippen LogP contribution in [0.15, 0.2) is 55.1 Å². The SMILES string of the molecule is Cc1cc(C)c2sc(N(CCCn3ccnc3)C(=O)Cc3ccc(Cl)cc3)nc2c1.Cl. The number of imidazole rings is 1. The van der Waals surface area contributed by atoms with Crippen LogP contribution in [0.25, 0.3) is 10.2 Å². The van der Waals surface area contributed by atoms with E-state index in [1.807, 2.05) is 39.9 Å². The summed E-state index contributed by atoms with van der Waals surface area (Å²) in [6.45, 7) is 5.56. The predicted molar refractivity (Wildman–Crippen MR) is 131 cm³/mol. The Morgan fingerprint density at radius 3 is 2.68 bits per heavy atom. The minimum Gasteiger partial charge on any atom is -0.337 e. The summed E-state index contributed by atoms with van der Waals surface area (Å²) >= 11 is 7.57. The second kappa shape index (κ2) is 10.3. The van der Waals surface area contributed by atoms with Crippen molar-refractivity contribution < 1.29 is 4.79 Å². The second-order valence-electron chi connectivity index (χ2n) is 7.43. The number of anilines is 1. The molecule has 0 saturated carbocycles. The first kappa shape index (κ1) is 23.3. The highest BCUT2D eigenvalue weighted by Gasteiger charge is 2.20. The summed E-state index contributed by atoms with van der Waals surface area (Å²) < 4.78 is 3.16. The highest BCUT2D eigenvalue weighted by Crippen LogP contribution is 2.32. The largest absolute Gasteiger partial charge is 0.337 e. The Morgan fingerprint density at radius 1 is 1.19 bits per heavy atom. The molecule has 0 aliphatic heterocycles. The van der Waals surface area contributed by atoms with E-state index in [0.29, 0.717) is 18.0 Å². The zero-order chi connectivity index (χ0) is 21.1. The van der Waals surface area contributed by atoms with E-state index in [2.05, 4.69) is 31.0 Å². The maximum Gasteiger partial charge on any atom is 0.233 e. The molecule has 1 amide bonds. The normalized spacial score (nSPS) is 10.8. The standard InChI is InChI=1S/C23H23ClN4OS.ClH/c1-16-12-17(2)22-20(13-16)26-23(30-22)28(10-3-9-27-11-8-25-15-27)21(29)14-18-4-6-19(24)7-5-18;/h4-8,11-13,15H,3,9-10,14H2,1-2H3;1H. The first-order valence-corrected chi connectivity index (χ1v) is 11.1. The number of hydrogen-bond acceptors (Lipinski definition) is 4. The molecular weight excluding hydrogens is 451 g/mol. The highest BCUT2D eigenvalue weighted by atomic mass is 35.5. The smallest absolute Gasteiger partial charge is 0.233 e. The van der Waals surface area contributed by atoms with Gasteiger partial charge in [-0.05, 0) is 55.2 Å². The van der Waals surface area contributed by atoms with Crippen molar-refractivity contribution in [3.63, 3.8) is 0 Å². The molecule has 2 aromatic heterocycles. The number of amides is 1. The molecule has 0 atom stereocenters. The Balaban J connectivity index is 0.00000272. The van der Waals surface area contributed by atoms with Gasteiger partial charge >= 0.3 is 0 Å². The number of benzene rings is 2. The molecule has 0 aliphatic rings. The number of carbonyl (C=O) groups is 1. The lowest BCUT2D eigenvalue weighted by molar-refractivity contribution is -0.118. The van der Waals surface area contributed by atoms with Gasteiger partial charge in [-0.25, -0.2) is 9.97 Å². The Bertz CT molecular complexity index is 1160. The van der Waals surface area contributed by atoms with Crippen LogP contribution < -0.4 is 4.90 Å². The van der Waals surface area contributed by atoms with Crippen molar-refractivity contribution in [3.05, 3.63) is 76.8 Å². The molecule has 2 aromatic carbocycles. The fourth-order valence-corrected chi connectivity index (χ4v) is 4.69. The van der Waals surface area contributed by atoms with Gasteiger partial charge < -0.3 is 4.57 Å². The molecule has 162 valence electrons. The summed E-state index contributed by atoms with van der Waals surface area (Å²) in [5.41, 5.74) is 4.26. The van der Waals surface area contributed by atoms with E-state index in [0.717, 1.165) is 33.9 Å². The van der Waals surface area contributed by atoms with Gasteiger partial charge in [-0.2, -0.15) is 0 Å². The minimum atomic E-state index is 0. The van der Waals surface area contributed by atoms with Gasteiger partial charge in [0.1, 0.15) is 0 Å². The minimum absolute atomic E-state index is 0. The van der Waals surface area contributed by atoms with Crippen molar-refractivity contribution in [1.29, 1.82) is 0 Å². The number of nitrogens with zero attached hydrogens (tertiary/aromatic N) is 4. The summed E-state index contributed by atoms with van der Waals surface area (Å²) in [6.07, 6.45) is 6.63. The Hall–Kier alpha value is -2.41. The molecule has 0 N–H and O–H groups in total. The van der Waals surface area contributed by atoms with Crippen LogP contribution in [-0.4, -0.2) is 27.0 Å². The zero-order valence-corrected chi connectivity index (χ0v) is 19.8. The lowest BCUT2D eigenvalue weighted by atomic mass is 10.1. The summed E-state index contributed by atoms with van der Waals surface area (Å²) in [5, 5.41) is 1.42. The van der Waals surface area contributed by atoms with E-state index in [-0.39, 0.29) is 18.3 Å². The van der Waals surface area contributed by atoms with Crippen LogP contribution in [0.5, 0.6) is 0 Å². The fraction of sp³-hybridized carbons (Fsp3) is 0.261. The van der Waals surface area contributed by atoms with Gasteiger partial charge in [0.05, 0.1) is 23.0 Å². The Labute approximate surface area is 197 Å². The van der Waals surface area contributed by atoms with Gasteiger partial charge in [0.15, 0.2) is 5.13 Å². The second-order valence-corrected chi connectivity index (χ2v) is 8.84. The maximum absolute atomic E-state index is 13.3. The maximum atomic E-state index is 13.3. The summed E-state index contributed by atoms with van der Waals surface area (Å²) in [5.74, 6) is 0.0383. The molecule has 0 saturated heterocycles. The van der Waals surface area contributed by atoms with E-state index < -0.39 is 0 Å². The van der Waals surface area contributed by atoms with Crippen LogP contribution >= 0.6 is 35.3 Å². The third kappa shape index (κ3) is 5.64. The fourth-order valence-electron chi connectivity index (χ4n) is 3.51. The molecular formula is C23H24Cl2N4OS. The average molecular weight is 475 g/mol. The van der Waals surface area contributed by atoms with Crippen molar-refractivity contribution in [2.75, 3.05) is 11.4 Å². The van der Waals surface area contributed by atoms with E-state index in [1.165, 1.54) is 11.1 Å². The number of hydrogen-bond donors (Lipinski definition) is 0. The molecule has 8 heteroatoms. The highest BCUT2D eigenvalue weighted by molar-refractivity contribution is 7.22. The predicted octanol–water partition coefficient (Wildman–Crippen LogP) is 5.85. The van der Waals surface area contributed by atoms with Crippen molar-refractivity contribution in [2.24, 2.45) is 0 Å². The van der Waals surface area contributed by atoms with Crippen LogP contribution in [0.4, 0.5) is 5.13 Å². The van der Waals surface area contributed by atoms with Gasteiger partial charge in [0, 0.05) is 30.5 Å². The third-order valence-corrected chi connectivity index (χ3v) is 6.45. The number of halogens is 2. The van der Waals surface area contributed by atoms with Gasteiger partial charge in [0.25, 0.3) is 0 Å². The van der Waals surface area contributed by atoms with Crippen LogP contribution in [0.1, 0.15) is 23.1 Å². The van der Waals surface area contributed by atoms with Crippen LogP contribution in [-0.2, 0) is 17.8 Å². The molecule has 0 radical (unpaired) electrons.